The number of benzene rings is 7. The van der Waals surface area contributed by atoms with Crippen molar-refractivity contribution in [3.63, 3.8) is 0 Å². The van der Waals surface area contributed by atoms with Crippen molar-refractivity contribution in [1.82, 2.24) is 47.9 Å². The molecule has 7 aliphatic heterocycles. The lowest BCUT2D eigenvalue weighted by Gasteiger charge is -2.47. The number of fused-ring (bicyclic) bond motifs is 15. The number of aliphatic carboxylic acids is 2. The molecule has 19 atom stereocenters. The highest BCUT2D eigenvalue weighted by Crippen LogP contribution is 2.51. The number of phenolic OH excluding ortho intramolecular Hbond substituents is 3. The molecule has 0 spiro atoms. The zero-order valence-corrected chi connectivity index (χ0v) is 72.5. The summed E-state index contributed by atoms with van der Waals surface area (Å²) in [6, 6.07) is 12.1. The number of phenols is 3. The first-order valence-electron chi connectivity index (χ1n) is 41.5. The van der Waals surface area contributed by atoms with Gasteiger partial charge in [-0.05, 0) is 158 Å². The van der Waals surface area contributed by atoms with Crippen LogP contribution in [0.4, 0.5) is 0 Å². The monoisotopic (exact) mass is 1850 g/mol. The van der Waals surface area contributed by atoms with E-state index in [1.54, 1.807) is 19.1 Å². The van der Waals surface area contributed by atoms with Crippen LogP contribution in [0.2, 0.25) is 15.1 Å². The van der Waals surface area contributed by atoms with Gasteiger partial charge in [-0.15, -0.1) is 0 Å². The van der Waals surface area contributed by atoms with Crippen LogP contribution in [0.1, 0.15) is 153 Å². The topological polar surface area (TPSA) is 592 Å². The number of rotatable bonds is 27. The molecule has 2 unspecified atom stereocenters. The summed E-state index contributed by atoms with van der Waals surface area (Å²) in [5.41, 5.74) is 9.33. The highest BCUT2D eigenvalue weighted by molar-refractivity contribution is 6.32. The number of aromatic hydroxyl groups is 3. The first-order chi connectivity index (χ1) is 61.3. The van der Waals surface area contributed by atoms with Crippen LogP contribution in [-0.2, 0) is 70.5 Å². The minimum Gasteiger partial charge on any atom is -0.507 e. The Hall–Kier alpha value is -11.3. The number of carboxylic acids is 2. The predicted octanol–water partition coefficient (Wildman–Crippen LogP) is 4.82. The van der Waals surface area contributed by atoms with E-state index < -0.39 is 255 Å². The van der Waals surface area contributed by atoms with Crippen molar-refractivity contribution in [2.24, 2.45) is 17.4 Å². The van der Waals surface area contributed by atoms with E-state index in [1.165, 1.54) is 44.3 Å². The Kier molecular flexibility index (Phi) is 31.5. The lowest BCUT2D eigenvalue weighted by atomic mass is 9.84. The second kappa shape index (κ2) is 42.0. The number of carbonyl (C=O) groups excluding carboxylic acids is 7. The molecule has 7 aromatic rings. The SMILES string of the molecule is CN[C@H](CC(C)C)C(=O)N[C@H]1C(=O)N[C@@H](CC(N)=O)C(=O)N[C@H]2C(=O)N[C@H]3C(=O)NC(C(=O)N[C@@H](C(=O)O)c4cc(O)c(CNCCCCC[C@@H](N)C(=O)O)c(O)c4-c4cc3ccc4O)[C@H](OC3C[C@](C)(NCc4cccc(/C=C/c5ccc(Cl)cc5)c4)[C@@H](O)[C@H](C)O3)c3ccc(c(Cl)c3)Oc3cc2cc(c3O[C@@H]2O[C@H](CO)[C@@H](O)[C@H](O)[C@H]2O)Oc2ccc(cc2Cl)[C@H]1O. The molecule has 14 rings (SSSR count). The number of primary amides is 1. The number of likely N-dealkylation sites (N-methyl/N-ethyl adjacent to an activating group) is 1. The maximum atomic E-state index is 16.6. The maximum Gasteiger partial charge on any atom is 0.330 e. The van der Waals surface area contributed by atoms with Gasteiger partial charge in [0.25, 0.3) is 0 Å². The Morgan fingerprint density at radius 1 is 0.674 bits per heavy atom. The van der Waals surface area contributed by atoms with E-state index in [9.17, 15) is 75.3 Å². The Morgan fingerprint density at radius 3 is 1.98 bits per heavy atom. The second-order valence-corrected chi connectivity index (χ2v) is 34.1. The van der Waals surface area contributed by atoms with Crippen molar-refractivity contribution >= 4 is 100 Å². The number of hydrogen-bond donors (Lipinski definition) is 22. The molecule has 37 nitrogen and oxygen atoms in total. The van der Waals surface area contributed by atoms with Crippen molar-refractivity contribution in [1.29, 1.82) is 0 Å². The van der Waals surface area contributed by atoms with Gasteiger partial charge in [-0.25, -0.2) is 4.79 Å². The largest absolute Gasteiger partial charge is 0.507 e. The number of aliphatic hydroxyl groups is 6. The molecule has 690 valence electrons. The first-order valence-corrected chi connectivity index (χ1v) is 42.6. The molecule has 2 fully saturated rings. The molecule has 0 aromatic heterocycles. The summed E-state index contributed by atoms with van der Waals surface area (Å²) in [6.45, 7) is 5.75. The van der Waals surface area contributed by atoms with Crippen LogP contribution >= 0.6 is 34.8 Å². The number of halogens is 3. The van der Waals surface area contributed by atoms with Gasteiger partial charge in [-0.1, -0.05) is 128 Å². The van der Waals surface area contributed by atoms with Gasteiger partial charge in [0.1, 0.15) is 102 Å². The van der Waals surface area contributed by atoms with Crippen molar-refractivity contribution in [2.75, 3.05) is 20.2 Å². The van der Waals surface area contributed by atoms with Gasteiger partial charge in [0.15, 0.2) is 23.8 Å². The van der Waals surface area contributed by atoms with Crippen molar-refractivity contribution in [3.05, 3.63) is 186 Å². The van der Waals surface area contributed by atoms with E-state index in [4.69, 9.17) is 74.7 Å². The third-order valence-electron chi connectivity index (χ3n) is 23.0. The minimum atomic E-state index is -2.41. The Labute approximate surface area is 754 Å². The van der Waals surface area contributed by atoms with Crippen molar-refractivity contribution in [3.8, 4) is 57.1 Å². The third-order valence-corrected chi connectivity index (χ3v) is 23.8. The molecule has 0 saturated carbocycles. The highest BCUT2D eigenvalue weighted by atomic mass is 35.5. The standard InChI is InChI=1S/C89H102Cl3N11O26/c1-39(2)26-55(95-5)80(114)102-70-72(108)45-18-23-59(52(91)29-45)125-61-31-47-32-62(78(61)129-88-76(112)75(111)74(110)63(38-104)127-88)126-60-24-19-46(30-53(60)92)77(128-65-35-89(4,79(113)40(3)124-65)97-36-43-11-9-10-42(27-43)14-13-41-15-20-48(90)21-16-41)71-85(119)101-69(87(122)123)50-33-58(106)51(37-96-25-8-6-7-12-54(93)86(120)121)73(109)66(50)49-28-44(17-22-57(49)105)67(82(116)103-71)100-83(117)68(47)99-81(115)56(34-64(94)107)98-84(70)118/h9-11,13-24,27-33,39-40,54-56,63,65,67-72,74-77,79,88,95-97,104-106,108-113H,6-8,12,25-26,34-38,93H2,1-5H3,(H2,94,107)(H,98,118)(H,99,115)(H,100,117)(H,101,119)(H,102,114)(H,103,116)(H,120,121)(H,122,123)/b14-13+/t40-,54+,55+,56-,63+,65?,67+,68+,69+,70+,71?,72+,74+,75-,76+,77+,79-,88-,89-/m0/s1. The van der Waals surface area contributed by atoms with E-state index >= 15 is 24.0 Å². The molecule has 7 aromatic carbocycles. The number of nitrogens with two attached hydrogens (primary N) is 2. The van der Waals surface area contributed by atoms with Crippen molar-refractivity contribution < 1.29 is 128 Å². The zero-order valence-electron chi connectivity index (χ0n) is 70.3. The van der Waals surface area contributed by atoms with Gasteiger partial charge in [0.2, 0.25) is 53.4 Å². The van der Waals surface area contributed by atoms with E-state index in [0.29, 0.717) is 24.3 Å². The van der Waals surface area contributed by atoms with Crippen LogP contribution < -0.4 is 73.5 Å². The van der Waals surface area contributed by atoms with Gasteiger partial charge < -0.3 is 144 Å². The normalized spacial score (nSPS) is 25.9. The third kappa shape index (κ3) is 22.7. The molecular weight excluding hydrogens is 1750 g/mol. The summed E-state index contributed by atoms with van der Waals surface area (Å²) >= 11 is 20.7. The van der Waals surface area contributed by atoms with E-state index in [-0.39, 0.29) is 72.3 Å². The number of carbonyl (C=O) groups is 9. The molecule has 0 aliphatic carbocycles. The number of aliphatic hydroxyl groups excluding tert-OH is 6. The lowest BCUT2D eigenvalue weighted by molar-refractivity contribution is -0.277. The molecule has 0 radical (unpaired) electrons. The van der Waals surface area contributed by atoms with Gasteiger partial charge in [0.05, 0.1) is 46.9 Å². The van der Waals surface area contributed by atoms with Crippen LogP contribution in [0.25, 0.3) is 23.3 Å². The second-order valence-electron chi connectivity index (χ2n) is 32.8. The summed E-state index contributed by atoms with van der Waals surface area (Å²) in [5, 5.41) is 151. The lowest BCUT2D eigenvalue weighted by Crippen LogP contribution is -2.63. The maximum absolute atomic E-state index is 16.6. The number of ether oxygens (including phenoxy) is 6. The van der Waals surface area contributed by atoms with E-state index in [2.05, 4.69) is 47.9 Å². The fourth-order valence-electron chi connectivity index (χ4n) is 15.9. The minimum absolute atomic E-state index is 0.114. The van der Waals surface area contributed by atoms with Gasteiger partial charge >= 0.3 is 11.9 Å². The summed E-state index contributed by atoms with van der Waals surface area (Å²) < 4.78 is 39.2. The van der Waals surface area contributed by atoms with Gasteiger partial charge in [0, 0.05) is 46.8 Å². The Bertz CT molecular complexity index is 5380. The molecule has 40 heteroatoms. The summed E-state index contributed by atoms with van der Waals surface area (Å²) in [4.78, 5) is 134. The Balaban J connectivity index is 1.07. The van der Waals surface area contributed by atoms with Gasteiger partial charge in [-0.2, -0.15) is 0 Å². The smallest absolute Gasteiger partial charge is 0.330 e. The number of nitrogens with one attached hydrogen (secondary N) is 9. The number of carboxylic acid groups (broad SMARTS) is 2. The number of unbranched alkanes of at least 4 members (excludes halogenated alkanes) is 2. The molecular formula is C89H102Cl3N11O26. The summed E-state index contributed by atoms with van der Waals surface area (Å²) in [5.74, 6) is -17.6. The van der Waals surface area contributed by atoms with Crippen LogP contribution in [0.3, 0.4) is 0 Å². The van der Waals surface area contributed by atoms with Crippen molar-refractivity contribution in [2.45, 2.75) is 201 Å². The summed E-state index contributed by atoms with van der Waals surface area (Å²) in [7, 11) is 1.47. The summed E-state index contributed by atoms with van der Waals surface area (Å²) in [6.07, 6.45) is -14.2. The average molecular weight is 1850 g/mol. The van der Waals surface area contributed by atoms with Gasteiger partial charge in [-0.3, -0.25) is 38.4 Å². The van der Waals surface area contributed by atoms with E-state index in [0.717, 1.165) is 59.2 Å². The quantitative estimate of drug-likeness (QED) is 0.0242. The Morgan fingerprint density at radius 2 is 1.33 bits per heavy atom. The van der Waals surface area contributed by atoms with Crippen LogP contribution in [0.15, 0.2) is 121 Å². The molecule has 11 bridgehead atoms. The first kappa shape index (κ1) is 96.7. The fraction of sp³-hybridized carbons (Fsp3) is 0.404. The number of hydrogen-bond acceptors (Lipinski definition) is 28. The predicted molar refractivity (Wildman–Crippen MR) is 465 cm³/mol. The van der Waals surface area contributed by atoms with E-state index in [1.807, 2.05) is 62.4 Å². The molecule has 24 N–H and O–H groups in total. The fourth-order valence-corrected chi connectivity index (χ4v) is 16.5. The average Bonchev–Trinajstić information content (AvgIpc) is 0.744. The molecule has 7 aliphatic rings. The molecule has 7 heterocycles. The zero-order chi connectivity index (χ0) is 93.3. The van der Waals surface area contributed by atoms with Crippen LogP contribution in [0, 0.1) is 5.92 Å². The molecule has 2 saturated heterocycles. The van der Waals surface area contributed by atoms with Crippen LogP contribution in [0.5, 0.6) is 46.0 Å². The van der Waals surface area contributed by atoms with Crippen LogP contribution in [-0.4, -0.2) is 215 Å². The highest BCUT2D eigenvalue weighted by Gasteiger charge is 2.50. The molecule has 129 heavy (non-hydrogen) atoms. The number of amides is 7. The molecule has 7 amide bonds.